The number of rotatable bonds is 3. The standard InChI is InChI=1S/C17H19N7O2/c1-11-13(10-23(2)21-11)19-17(25)24-8-4-6-14(24)16-20-15(22-26-16)12-5-3-7-18-9-12/h3,5,7,9-10,14H,4,6,8H2,1-2H3,(H,19,25)/t14-/m0/s1. The van der Waals surface area contributed by atoms with Gasteiger partial charge in [0.2, 0.25) is 11.7 Å². The number of hydrogen-bond acceptors (Lipinski definition) is 6. The van der Waals surface area contributed by atoms with Crippen LogP contribution in [-0.2, 0) is 7.05 Å². The Hall–Kier alpha value is -3.23. The predicted octanol–water partition coefficient (Wildman–Crippen LogP) is 2.54. The van der Waals surface area contributed by atoms with Crippen LogP contribution in [0.1, 0.15) is 30.5 Å². The van der Waals surface area contributed by atoms with Crippen molar-refractivity contribution in [2.75, 3.05) is 11.9 Å². The number of nitrogens with zero attached hydrogens (tertiary/aromatic N) is 6. The van der Waals surface area contributed by atoms with Gasteiger partial charge in [-0.1, -0.05) is 5.16 Å². The zero-order valence-electron chi connectivity index (χ0n) is 14.6. The fourth-order valence-corrected chi connectivity index (χ4v) is 3.16. The summed E-state index contributed by atoms with van der Waals surface area (Å²) in [6.45, 7) is 2.50. The van der Waals surface area contributed by atoms with Gasteiger partial charge in [-0.05, 0) is 31.9 Å². The van der Waals surface area contributed by atoms with Crippen molar-refractivity contribution in [3.05, 3.63) is 42.3 Å². The fraction of sp³-hybridized carbons (Fsp3) is 0.353. The van der Waals surface area contributed by atoms with Crippen LogP contribution < -0.4 is 5.32 Å². The normalized spacial score (nSPS) is 16.8. The third-order valence-electron chi connectivity index (χ3n) is 4.42. The molecule has 0 radical (unpaired) electrons. The van der Waals surface area contributed by atoms with Gasteiger partial charge in [-0.15, -0.1) is 0 Å². The van der Waals surface area contributed by atoms with Crippen molar-refractivity contribution in [2.24, 2.45) is 7.05 Å². The quantitative estimate of drug-likeness (QED) is 0.776. The van der Waals surface area contributed by atoms with Gasteiger partial charge in [-0.2, -0.15) is 10.1 Å². The molecule has 0 saturated carbocycles. The number of urea groups is 1. The molecule has 3 aromatic heterocycles. The molecule has 0 bridgehead atoms. The highest BCUT2D eigenvalue weighted by Crippen LogP contribution is 2.32. The summed E-state index contributed by atoms with van der Waals surface area (Å²) >= 11 is 0. The molecule has 3 aromatic rings. The van der Waals surface area contributed by atoms with Gasteiger partial charge in [0.15, 0.2) is 0 Å². The molecule has 26 heavy (non-hydrogen) atoms. The monoisotopic (exact) mass is 353 g/mol. The first-order valence-electron chi connectivity index (χ1n) is 8.43. The number of carbonyl (C=O) groups excluding carboxylic acids is 1. The maximum atomic E-state index is 12.7. The van der Waals surface area contributed by atoms with Crippen LogP contribution in [0, 0.1) is 6.92 Å². The Balaban J connectivity index is 1.52. The Morgan fingerprint density at radius 3 is 3.04 bits per heavy atom. The molecule has 0 spiro atoms. The van der Waals surface area contributed by atoms with Crippen LogP contribution in [0.25, 0.3) is 11.4 Å². The first-order chi connectivity index (χ1) is 12.6. The molecule has 1 saturated heterocycles. The van der Waals surface area contributed by atoms with Crippen LogP contribution in [0.15, 0.2) is 35.2 Å². The Bertz CT molecular complexity index is 918. The van der Waals surface area contributed by atoms with Gasteiger partial charge in [0.1, 0.15) is 6.04 Å². The molecule has 4 heterocycles. The minimum Gasteiger partial charge on any atom is -0.337 e. The number of amides is 2. The highest BCUT2D eigenvalue weighted by molar-refractivity contribution is 5.90. The summed E-state index contributed by atoms with van der Waals surface area (Å²) in [5.41, 5.74) is 2.25. The molecule has 0 aliphatic carbocycles. The van der Waals surface area contributed by atoms with Crippen LogP contribution in [-0.4, -0.2) is 42.4 Å². The van der Waals surface area contributed by atoms with Gasteiger partial charge in [0.25, 0.3) is 0 Å². The van der Waals surface area contributed by atoms with E-state index in [9.17, 15) is 4.79 Å². The largest absolute Gasteiger partial charge is 0.337 e. The summed E-state index contributed by atoms with van der Waals surface area (Å²) in [5.74, 6) is 0.919. The van der Waals surface area contributed by atoms with Gasteiger partial charge in [-0.25, -0.2) is 4.79 Å². The van der Waals surface area contributed by atoms with E-state index in [1.165, 1.54) is 0 Å². The lowest BCUT2D eigenvalue weighted by Gasteiger charge is -2.22. The van der Waals surface area contributed by atoms with Crippen molar-refractivity contribution in [2.45, 2.75) is 25.8 Å². The number of aryl methyl sites for hydroxylation is 2. The van der Waals surface area contributed by atoms with Crippen molar-refractivity contribution in [1.29, 1.82) is 0 Å². The smallest absolute Gasteiger partial charge is 0.322 e. The molecule has 1 aliphatic heterocycles. The molecule has 1 aliphatic rings. The van der Waals surface area contributed by atoms with Crippen LogP contribution >= 0.6 is 0 Å². The fourth-order valence-electron chi connectivity index (χ4n) is 3.16. The topological polar surface area (TPSA) is 102 Å². The van der Waals surface area contributed by atoms with E-state index in [4.69, 9.17) is 4.52 Å². The molecular weight excluding hydrogens is 334 g/mol. The highest BCUT2D eigenvalue weighted by atomic mass is 16.5. The minimum atomic E-state index is -0.232. The highest BCUT2D eigenvalue weighted by Gasteiger charge is 2.34. The summed E-state index contributed by atoms with van der Waals surface area (Å²) in [6, 6.07) is 3.26. The first-order valence-corrected chi connectivity index (χ1v) is 8.43. The Kier molecular flexibility index (Phi) is 4.11. The van der Waals surface area contributed by atoms with Crippen LogP contribution in [0.5, 0.6) is 0 Å². The van der Waals surface area contributed by atoms with Crippen molar-refractivity contribution >= 4 is 11.7 Å². The second-order valence-electron chi connectivity index (χ2n) is 6.28. The van der Waals surface area contributed by atoms with Gasteiger partial charge >= 0.3 is 6.03 Å². The van der Waals surface area contributed by atoms with Gasteiger partial charge < -0.3 is 14.7 Å². The van der Waals surface area contributed by atoms with Crippen molar-refractivity contribution in [3.8, 4) is 11.4 Å². The van der Waals surface area contributed by atoms with Gasteiger partial charge in [0, 0.05) is 37.7 Å². The van der Waals surface area contributed by atoms with Gasteiger partial charge in [-0.3, -0.25) is 9.67 Å². The zero-order valence-corrected chi connectivity index (χ0v) is 14.6. The van der Waals surface area contributed by atoms with E-state index in [2.05, 4.69) is 25.5 Å². The first kappa shape index (κ1) is 16.2. The van der Waals surface area contributed by atoms with Crippen molar-refractivity contribution in [3.63, 3.8) is 0 Å². The third kappa shape index (κ3) is 3.03. The second-order valence-corrected chi connectivity index (χ2v) is 6.28. The van der Waals surface area contributed by atoms with E-state index in [0.29, 0.717) is 23.9 Å². The SMILES string of the molecule is Cc1nn(C)cc1NC(=O)N1CCC[C@H]1c1nc(-c2cccnc2)no1. The molecule has 1 N–H and O–H groups in total. The number of likely N-dealkylation sites (tertiary alicyclic amines) is 1. The number of aromatic nitrogens is 5. The predicted molar refractivity (Wildman–Crippen MR) is 93.2 cm³/mol. The lowest BCUT2D eigenvalue weighted by molar-refractivity contribution is 0.193. The summed E-state index contributed by atoms with van der Waals surface area (Å²) in [6.07, 6.45) is 6.82. The molecule has 1 fully saturated rings. The number of nitrogens with one attached hydrogen (secondary N) is 1. The molecule has 1 atom stereocenters. The summed E-state index contributed by atoms with van der Waals surface area (Å²) in [4.78, 5) is 23.0. The summed E-state index contributed by atoms with van der Waals surface area (Å²) in [5, 5.41) is 11.2. The minimum absolute atomic E-state index is 0.190. The number of pyridine rings is 1. The Morgan fingerprint density at radius 1 is 1.42 bits per heavy atom. The molecule has 9 heteroatoms. The lowest BCUT2D eigenvalue weighted by atomic mass is 10.2. The van der Waals surface area contributed by atoms with Crippen molar-refractivity contribution in [1.82, 2.24) is 29.8 Å². The zero-order chi connectivity index (χ0) is 18.1. The van der Waals surface area contributed by atoms with E-state index in [-0.39, 0.29) is 12.1 Å². The molecule has 4 rings (SSSR count). The van der Waals surface area contributed by atoms with Crippen LogP contribution in [0.2, 0.25) is 0 Å². The van der Waals surface area contributed by atoms with Crippen molar-refractivity contribution < 1.29 is 9.32 Å². The van der Waals surface area contributed by atoms with E-state index >= 15 is 0 Å². The van der Waals surface area contributed by atoms with E-state index in [0.717, 1.165) is 24.1 Å². The van der Waals surface area contributed by atoms with Crippen LogP contribution in [0.3, 0.4) is 0 Å². The lowest BCUT2D eigenvalue weighted by Crippen LogP contribution is -2.34. The third-order valence-corrected chi connectivity index (χ3v) is 4.42. The van der Waals surface area contributed by atoms with E-state index in [1.54, 1.807) is 28.2 Å². The number of hydrogen-bond donors (Lipinski definition) is 1. The summed E-state index contributed by atoms with van der Waals surface area (Å²) < 4.78 is 7.11. The van der Waals surface area contributed by atoms with E-state index in [1.807, 2.05) is 26.1 Å². The maximum absolute atomic E-state index is 12.7. The average Bonchev–Trinajstić information content (AvgIpc) is 3.35. The summed E-state index contributed by atoms with van der Waals surface area (Å²) in [7, 11) is 1.82. The Morgan fingerprint density at radius 2 is 2.31 bits per heavy atom. The Labute approximate surface area is 150 Å². The average molecular weight is 353 g/mol. The molecule has 9 nitrogen and oxygen atoms in total. The van der Waals surface area contributed by atoms with Crippen LogP contribution in [0.4, 0.5) is 10.5 Å². The second kappa shape index (κ2) is 6.58. The number of carbonyl (C=O) groups is 1. The molecular formula is C17H19N7O2. The molecule has 0 unspecified atom stereocenters. The maximum Gasteiger partial charge on any atom is 0.322 e. The molecule has 2 amide bonds. The van der Waals surface area contributed by atoms with E-state index < -0.39 is 0 Å². The number of anilines is 1. The molecule has 134 valence electrons. The molecule has 0 aromatic carbocycles. The van der Waals surface area contributed by atoms with Gasteiger partial charge in [0.05, 0.1) is 11.4 Å².